The van der Waals surface area contributed by atoms with Crippen LogP contribution in [0, 0.1) is 0 Å². The molecule has 162 valence electrons. The molecule has 1 saturated heterocycles. The fraction of sp³-hybridized carbons (Fsp3) is 0.792. The van der Waals surface area contributed by atoms with E-state index in [-0.39, 0.29) is 13.2 Å². The summed E-state index contributed by atoms with van der Waals surface area (Å²) in [6, 6.07) is 0. The van der Waals surface area contributed by atoms with Crippen molar-refractivity contribution in [2.24, 2.45) is 0 Å². The van der Waals surface area contributed by atoms with Crippen LogP contribution in [0.3, 0.4) is 0 Å². The first kappa shape index (κ1) is 24.9. The number of carbonyl (C=O) groups is 1. The molecule has 0 aromatic heterocycles. The van der Waals surface area contributed by atoms with Gasteiger partial charge in [0, 0.05) is 12.0 Å². The lowest BCUT2D eigenvalue weighted by atomic mass is 9.98. The molecule has 0 saturated carbocycles. The van der Waals surface area contributed by atoms with E-state index in [0.29, 0.717) is 12.0 Å². The van der Waals surface area contributed by atoms with Gasteiger partial charge >= 0.3 is 5.97 Å². The molecule has 0 radical (unpaired) electrons. The zero-order chi connectivity index (χ0) is 20.5. The van der Waals surface area contributed by atoms with E-state index in [4.69, 9.17) is 4.74 Å². The van der Waals surface area contributed by atoms with Crippen molar-refractivity contribution in [2.75, 3.05) is 13.2 Å². The highest BCUT2D eigenvalue weighted by Crippen LogP contribution is 2.30. The topological polar surface area (TPSA) is 66.8 Å². The molecule has 28 heavy (non-hydrogen) atoms. The Bertz CT molecular complexity index is 463. The highest BCUT2D eigenvalue weighted by molar-refractivity contribution is 5.91. The minimum absolute atomic E-state index is 0.309. The molecule has 0 amide bonds. The number of unbranched alkanes of at least 4 members (excludes halogenated alkanes) is 12. The van der Waals surface area contributed by atoms with Gasteiger partial charge < -0.3 is 14.9 Å². The molecule has 1 aliphatic heterocycles. The van der Waals surface area contributed by atoms with E-state index in [0.717, 1.165) is 12.8 Å². The molecule has 1 heterocycles. The summed E-state index contributed by atoms with van der Waals surface area (Å²) in [7, 11) is 0. The van der Waals surface area contributed by atoms with Crippen molar-refractivity contribution < 1.29 is 19.7 Å². The van der Waals surface area contributed by atoms with Gasteiger partial charge in [-0.3, -0.25) is 0 Å². The van der Waals surface area contributed by atoms with E-state index in [1.165, 1.54) is 77.0 Å². The average Bonchev–Trinajstić information content (AvgIpc) is 3.04. The van der Waals surface area contributed by atoms with Crippen LogP contribution in [0.2, 0.25) is 0 Å². The van der Waals surface area contributed by atoms with Crippen molar-refractivity contribution in [3.63, 3.8) is 0 Å². The first-order chi connectivity index (χ1) is 13.7. The Morgan fingerprint density at radius 1 is 0.821 bits per heavy atom. The maximum absolute atomic E-state index is 11.8. The summed E-state index contributed by atoms with van der Waals surface area (Å²) in [5.41, 5.74) is -0.510. The quantitative estimate of drug-likeness (QED) is 0.145. The average molecular weight is 395 g/mol. The Labute approximate surface area is 172 Å². The molecule has 2 N–H and O–H groups in total. The third-order valence-corrected chi connectivity index (χ3v) is 5.52. The van der Waals surface area contributed by atoms with Crippen LogP contribution >= 0.6 is 0 Å². The van der Waals surface area contributed by atoms with Crippen LogP contribution in [0.15, 0.2) is 23.8 Å². The smallest absolute Gasteiger partial charge is 0.334 e. The second kappa shape index (κ2) is 15.8. The number of carbonyl (C=O) groups excluding carboxylic acids is 1. The lowest BCUT2D eigenvalue weighted by Crippen LogP contribution is -2.37. The maximum atomic E-state index is 11.8. The molecule has 0 unspecified atom stereocenters. The SMILES string of the molecule is CCCCCCCC/C=C\CCCCCCC/C=C1/CC(CO)(CO)OC1=O. The fourth-order valence-corrected chi connectivity index (χ4v) is 3.59. The molecule has 0 aliphatic carbocycles. The molecule has 1 aliphatic rings. The van der Waals surface area contributed by atoms with Crippen LogP contribution in [0.5, 0.6) is 0 Å². The minimum Gasteiger partial charge on any atom is -0.450 e. The zero-order valence-electron chi connectivity index (χ0n) is 18.0. The number of aliphatic hydroxyl groups is 2. The van der Waals surface area contributed by atoms with Crippen molar-refractivity contribution in [3.05, 3.63) is 23.8 Å². The van der Waals surface area contributed by atoms with E-state index in [9.17, 15) is 15.0 Å². The summed E-state index contributed by atoms with van der Waals surface area (Å²) in [6.45, 7) is 1.59. The third-order valence-electron chi connectivity index (χ3n) is 5.52. The highest BCUT2D eigenvalue weighted by atomic mass is 16.6. The van der Waals surface area contributed by atoms with Crippen molar-refractivity contribution in [2.45, 2.75) is 109 Å². The van der Waals surface area contributed by atoms with Crippen molar-refractivity contribution in [3.8, 4) is 0 Å². The van der Waals surface area contributed by atoms with Crippen LogP contribution < -0.4 is 0 Å². The second-order valence-corrected chi connectivity index (χ2v) is 8.17. The van der Waals surface area contributed by atoms with Crippen LogP contribution in [0.1, 0.15) is 103 Å². The number of aliphatic hydroxyl groups excluding tert-OH is 2. The Kier molecular flexibility index (Phi) is 14.0. The van der Waals surface area contributed by atoms with E-state index < -0.39 is 11.6 Å². The van der Waals surface area contributed by atoms with Crippen molar-refractivity contribution in [1.29, 1.82) is 0 Å². The zero-order valence-corrected chi connectivity index (χ0v) is 18.0. The molecule has 4 nitrogen and oxygen atoms in total. The normalized spacial score (nSPS) is 17.7. The van der Waals surface area contributed by atoms with Gasteiger partial charge in [0.15, 0.2) is 5.60 Å². The van der Waals surface area contributed by atoms with E-state index in [1.54, 1.807) is 0 Å². The molecule has 0 aromatic carbocycles. The van der Waals surface area contributed by atoms with E-state index in [1.807, 2.05) is 6.08 Å². The van der Waals surface area contributed by atoms with Gasteiger partial charge in [-0.25, -0.2) is 4.79 Å². The predicted molar refractivity (Wildman–Crippen MR) is 115 cm³/mol. The summed E-state index contributed by atoms with van der Waals surface area (Å²) in [6.07, 6.45) is 24.4. The molecular formula is C24H42O4. The maximum Gasteiger partial charge on any atom is 0.334 e. The Hall–Kier alpha value is -1.13. The predicted octanol–water partition coefficient (Wildman–Crippen LogP) is 5.62. The summed E-state index contributed by atoms with van der Waals surface area (Å²) in [4.78, 5) is 11.8. The summed E-state index contributed by atoms with van der Waals surface area (Å²) in [5, 5.41) is 18.6. The van der Waals surface area contributed by atoms with Gasteiger partial charge in [0.1, 0.15) is 0 Å². The summed E-state index contributed by atoms with van der Waals surface area (Å²) in [5.74, 6) is -0.393. The van der Waals surface area contributed by atoms with Gasteiger partial charge in [-0.1, -0.05) is 76.5 Å². The van der Waals surface area contributed by atoms with Crippen LogP contribution in [-0.4, -0.2) is 35.0 Å². The van der Waals surface area contributed by atoms with Gasteiger partial charge in [-0.05, 0) is 38.5 Å². The highest BCUT2D eigenvalue weighted by Gasteiger charge is 2.42. The molecule has 0 spiro atoms. The largest absolute Gasteiger partial charge is 0.450 e. The summed E-state index contributed by atoms with van der Waals surface area (Å²) < 4.78 is 5.13. The fourth-order valence-electron chi connectivity index (χ4n) is 3.59. The molecule has 4 heteroatoms. The molecular weight excluding hydrogens is 352 g/mol. The Morgan fingerprint density at radius 3 is 1.82 bits per heavy atom. The monoisotopic (exact) mass is 394 g/mol. The van der Waals surface area contributed by atoms with Gasteiger partial charge in [-0.2, -0.15) is 0 Å². The van der Waals surface area contributed by atoms with E-state index >= 15 is 0 Å². The van der Waals surface area contributed by atoms with Gasteiger partial charge in [-0.15, -0.1) is 0 Å². The number of cyclic esters (lactones) is 1. The molecule has 1 fully saturated rings. The van der Waals surface area contributed by atoms with Crippen LogP contribution in [0.25, 0.3) is 0 Å². The lowest BCUT2D eigenvalue weighted by Gasteiger charge is -2.21. The number of rotatable bonds is 17. The molecule has 0 aromatic rings. The summed E-state index contributed by atoms with van der Waals surface area (Å²) >= 11 is 0. The lowest BCUT2D eigenvalue weighted by molar-refractivity contribution is -0.154. The Morgan fingerprint density at radius 2 is 1.32 bits per heavy atom. The van der Waals surface area contributed by atoms with Crippen LogP contribution in [0.4, 0.5) is 0 Å². The first-order valence-electron chi connectivity index (χ1n) is 11.5. The standard InChI is InChI=1S/C24H42O4/c1-2-3-4-5-6-7-8-9-10-11-12-13-14-15-16-17-18-22-19-24(20-25,21-26)28-23(22)27/h9-10,18,25-26H,2-8,11-17,19-21H2,1H3/b10-9-,22-18-. The number of ether oxygens (including phenoxy) is 1. The van der Waals surface area contributed by atoms with E-state index in [2.05, 4.69) is 19.1 Å². The van der Waals surface area contributed by atoms with Gasteiger partial charge in [0.25, 0.3) is 0 Å². The number of hydrogen-bond donors (Lipinski definition) is 2. The number of allylic oxidation sites excluding steroid dienone is 3. The van der Waals surface area contributed by atoms with Crippen LogP contribution in [-0.2, 0) is 9.53 Å². The number of esters is 1. The third kappa shape index (κ3) is 10.4. The minimum atomic E-state index is -1.11. The Balaban J connectivity index is 1.94. The number of hydrogen-bond acceptors (Lipinski definition) is 4. The van der Waals surface area contributed by atoms with Crippen molar-refractivity contribution >= 4 is 5.97 Å². The second-order valence-electron chi connectivity index (χ2n) is 8.17. The van der Waals surface area contributed by atoms with Gasteiger partial charge in [0.05, 0.1) is 13.2 Å². The molecule has 1 rings (SSSR count). The first-order valence-corrected chi connectivity index (χ1v) is 11.5. The van der Waals surface area contributed by atoms with Crippen molar-refractivity contribution in [1.82, 2.24) is 0 Å². The molecule has 0 atom stereocenters. The van der Waals surface area contributed by atoms with Gasteiger partial charge in [0.2, 0.25) is 0 Å². The molecule has 0 bridgehead atoms.